The highest BCUT2D eigenvalue weighted by atomic mass is 32.1. The Morgan fingerprint density at radius 3 is 2.79 bits per heavy atom. The first-order chi connectivity index (χ1) is 9.13. The molecule has 5 heteroatoms. The zero-order valence-electron chi connectivity index (χ0n) is 10.7. The molecular formula is C14H18FN3S. The van der Waals surface area contributed by atoms with E-state index in [1.165, 1.54) is 18.9 Å². The monoisotopic (exact) mass is 279 g/mol. The second-order valence-electron chi connectivity index (χ2n) is 5.41. The van der Waals surface area contributed by atoms with Gasteiger partial charge in [0.05, 0.1) is 5.69 Å². The number of nitrogens with one attached hydrogen (secondary N) is 1. The largest absolute Gasteiger partial charge is 0.389 e. The number of halogens is 1. The summed E-state index contributed by atoms with van der Waals surface area (Å²) in [5, 5.41) is 3.29. The summed E-state index contributed by atoms with van der Waals surface area (Å²) in [6, 6.07) is 6.02. The topological polar surface area (TPSA) is 41.3 Å². The van der Waals surface area contributed by atoms with Gasteiger partial charge in [0.25, 0.3) is 0 Å². The van der Waals surface area contributed by atoms with Gasteiger partial charge in [0.2, 0.25) is 0 Å². The molecule has 2 fully saturated rings. The van der Waals surface area contributed by atoms with Crippen LogP contribution in [0.4, 0.5) is 10.1 Å². The summed E-state index contributed by atoms with van der Waals surface area (Å²) in [4.78, 5) is 2.73. The summed E-state index contributed by atoms with van der Waals surface area (Å²) >= 11 is 4.84. The predicted molar refractivity (Wildman–Crippen MR) is 78.9 cm³/mol. The molecule has 1 aliphatic heterocycles. The minimum absolute atomic E-state index is 0.228. The smallest absolute Gasteiger partial charge is 0.146 e. The van der Waals surface area contributed by atoms with Gasteiger partial charge in [-0.05, 0) is 37.5 Å². The van der Waals surface area contributed by atoms with E-state index in [-0.39, 0.29) is 10.8 Å². The van der Waals surface area contributed by atoms with E-state index in [1.54, 1.807) is 12.1 Å². The first-order valence-electron chi connectivity index (χ1n) is 6.73. The first-order valence-corrected chi connectivity index (χ1v) is 7.14. The summed E-state index contributed by atoms with van der Waals surface area (Å²) in [6.45, 7) is 2.14. The van der Waals surface area contributed by atoms with Crippen LogP contribution in [-0.2, 0) is 0 Å². The molecule has 19 heavy (non-hydrogen) atoms. The van der Waals surface area contributed by atoms with Crippen molar-refractivity contribution in [2.24, 2.45) is 5.73 Å². The zero-order valence-corrected chi connectivity index (χ0v) is 11.5. The number of nitrogens with two attached hydrogens (primary N) is 1. The molecule has 1 saturated heterocycles. The van der Waals surface area contributed by atoms with E-state index in [9.17, 15) is 4.39 Å². The predicted octanol–water partition coefficient (Wildman–Crippen LogP) is 2.11. The van der Waals surface area contributed by atoms with E-state index < -0.39 is 0 Å². The summed E-state index contributed by atoms with van der Waals surface area (Å²) in [5.41, 5.74) is 6.61. The number of rotatable bonds is 4. The highest BCUT2D eigenvalue weighted by Crippen LogP contribution is 2.30. The third kappa shape index (κ3) is 2.87. The van der Waals surface area contributed by atoms with Crippen molar-refractivity contribution in [3.8, 4) is 0 Å². The van der Waals surface area contributed by atoms with Crippen molar-refractivity contribution in [3.63, 3.8) is 0 Å². The lowest BCUT2D eigenvalue weighted by Gasteiger charge is -2.17. The quantitative estimate of drug-likeness (QED) is 0.828. The molecule has 102 valence electrons. The maximum absolute atomic E-state index is 13.9. The van der Waals surface area contributed by atoms with Crippen LogP contribution in [0, 0.1) is 5.82 Å². The zero-order chi connectivity index (χ0) is 13.4. The second kappa shape index (κ2) is 5.06. The summed E-state index contributed by atoms with van der Waals surface area (Å²) in [7, 11) is 0. The first kappa shape index (κ1) is 12.8. The van der Waals surface area contributed by atoms with Crippen molar-refractivity contribution < 1.29 is 4.39 Å². The molecule has 3 nitrogen and oxygen atoms in total. The standard InChI is InChI=1S/C14H18FN3S/c15-12-7-9(14(16)19)1-4-13(12)17-10-5-6-18(8-10)11-2-3-11/h1,4,7,10-11,17H,2-3,5-6,8H2,(H2,16,19). The number of likely N-dealkylation sites (tertiary alicyclic amines) is 1. The second-order valence-corrected chi connectivity index (χ2v) is 5.85. The van der Waals surface area contributed by atoms with Gasteiger partial charge in [0, 0.05) is 30.7 Å². The van der Waals surface area contributed by atoms with Crippen LogP contribution in [0.3, 0.4) is 0 Å². The van der Waals surface area contributed by atoms with Crippen LogP contribution in [0.15, 0.2) is 18.2 Å². The summed E-state index contributed by atoms with van der Waals surface area (Å²) in [5.74, 6) is -0.282. The Kier molecular flexibility index (Phi) is 3.41. The Balaban J connectivity index is 1.65. The normalized spacial score (nSPS) is 23.5. The van der Waals surface area contributed by atoms with Crippen molar-refractivity contribution in [2.75, 3.05) is 18.4 Å². The SMILES string of the molecule is NC(=S)c1ccc(NC2CCN(C3CC3)C2)c(F)c1. The van der Waals surface area contributed by atoms with Gasteiger partial charge in [-0.2, -0.15) is 0 Å². The molecule has 0 spiro atoms. The van der Waals surface area contributed by atoms with Crippen molar-refractivity contribution in [3.05, 3.63) is 29.6 Å². The van der Waals surface area contributed by atoms with Crippen LogP contribution in [0.25, 0.3) is 0 Å². The molecular weight excluding hydrogens is 261 g/mol. The van der Waals surface area contributed by atoms with Crippen molar-refractivity contribution in [2.45, 2.75) is 31.3 Å². The highest BCUT2D eigenvalue weighted by molar-refractivity contribution is 7.80. The Morgan fingerprint density at radius 2 is 2.16 bits per heavy atom. The average Bonchev–Trinajstić information content (AvgIpc) is 3.12. The number of hydrogen-bond acceptors (Lipinski definition) is 3. The lowest BCUT2D eigenvalue weighted by Crippen LogP contribution is -2.28. The molecule has 1 atom stereocenters. The van der Waals surface area contributed by atoms with Gasteiger partial charge >= 0.3 is 0 Å². The minimum atomic E-state index is -0.282. The molecule has 1 saturated carbocycles. The van der Waals surface area contributed by atoms with Crippen LogP contribution in [-0.4, -0.2) is 35.1 Å². The van der Waals surface area contributed by atoms with Crippen LogP contribution in [0.2, 0.25) is 0 Å². The molecule has 1 aromatic carbocycles. The highest BCUT2D eigenvalue weighted by Gasteiger charge is 2.34. The third-order valence-electron chi connectivity index (χ3n) is 3.90. The maximum Gasteiger partial charge on any atom is 0.146 e. The van der Waals surface area contributed by atoms with Gasteiger partial charge in [-0.25, -0.2) is 4.39 Å². The molecule has 1 aromatic rings. The fourth-order valence-corrected chi connectivity index (χ4v) is 2.81. The fourth-order valence-electron chi connectivity index (χ4n) is 2.68. The van der Waals surface area contributed by atoms with E-state index in [0.717, 1.165) is 25.6 Å². The summed E-state index contributed by atoms with van der Waals surface area (Å²) < 4.78 is 13.9. The number of nitrogens with zero attached hydrogens (tertiary/aromatic N) is 1. The van der Waals surface area contributed by atoms with Crippen molar-refractivity contribution in [1.29, 1.82) is 0 Å². The lowest BCUT2D eigenvalue weighted by atomic mass is 10.1. The Bertz CT molecular complexity index is 501. The van der Waals surface area contributed by atoms with Crippen LogP contribution < -0.4 is 11.1 Å². The van der Waals surface area contributed by atoms with Gasteiger partial charge in [0.15, 0.2) is 0 Å². The van der Waals surface area contributed by atoms with E-state index in [0.29, 0.717) is 17.3 Å². The van der Waals surface area contributed by atoms with E-state index >= 15 is 0 Å². The molecule has 3 N–H and O–H groups in total. The van der Waals surface area contributed by atoms with Gasteiger partial charge in [0.1, 0.15) is 10.8 Å². The number of thiocarbonyl (C=S) groups is 1. The van der Waals surface area contributed by atoms with Gasteiger partial charge in [-0.3, -0.25) is 4.90 Å². The van der Waals surface area contributed by atoms with Gasteiger partial charge in [-0.15, -0.1) is 0 Å². The third-order valence-corrected chi connectivity index (χ3v) is 4.13. The summed E-state index contributed by atoms with van der Waals surface area (Å²) in [6.07, 6.45) is 3.72. The molecule has 0 aromatic heterocycles. The molecule has 0 amide bonds. The minimum Gasteiger partial charge on any atom is -0.389 e. The van der Waals surface area contributed by atoms with Gasteiger partial charge in [-0.1, -0.05) is 12.2 Å². The maximum atomic E-state index is 13.9. The van der Waals surface area contributed by atoms with E-state index in [4.69, 9.17) is 18.0 Å². The fraction of sp³-hybridized carbons (Fsp3) is 0.500. The molecule has 3 rings (SSSR count). The number of hydrogen-bond donors (Lipinski definition) is 2. The molecule has 0 radical (unpaired) electrons. The van der Waals surface area contributed by atoms with Gasteiger partial charge < -0.3 is 11.1 Å². The van der Waals surface area contributed by atoms with Crippen molar-refractivity contribution in [1.82, 2.24) is 4.90 Å². The molecule has 1 heterocycles. The number of benzene rings is 1. The van der Waals surface area contributed by atoms with E-state index in [1.807, 2.05) is 0 Å². The van der Waals surface area contributed by atoms with Crippen LogP contribution >= 0.6 is 12.2 Å². The van der Waals surface area contributed by atoms with Crippen LogP contribution in [0.5, 0.6) is 0 Å². The Hall–Kier alpha value is -1.20. The molecule has 1 unspecified atom stereocenters. The Labute approximate surface area is 118 Å². The Morgan fingerprint density at radius 1 is 1.37 bits per heavy atom. The molecule has 0 bridgehead atoms. The lowest BCUT2D eigenvalue weighted by molar-refractivity contribution is 0.326. The van der Waals surface area contributed by atoms with Crippen LogP contribution in [0.1, 0.15) is 24.8 Å². The average molecular weight is 279 g/mol. The van der Waals surface area contributed by atoms with E-state index in [2.05, 4.69) is 10.2 Å². The number of anilines is 1. The molecule has 2 aliphatic rings. The molecule has 1 aliphatic carbocycles. The van der Waals surface area contributed by atoms with Crippen molar-refractivity contribution >= 4 is 22.9 Å².